The summed E-state index contributed by atoms with van der Waals surface area (Å²) in [7, 11) is 0. The first kappa shape index (κ1) is 14.6. The van der Waals surface area contributed by atoms with Gasteiger partial charge in [-0.2, -0.15) is 0 Å². The van der Waals surface area contributed by atoms with Crippen LogP contribution in [0.1, 0.15) is 44.9 Å². The van der Waals surface area contributed by atoms with E-state index in [0.717, 1.165) is 31.5 Å². The molecule has 108 valence electrons. The van der Waals surface area contributed by atoms with Crippen molar-refractivity contribution in [3.8, 4) is 0 Å². The summed E-state index contributed by atoms with van der Waals surface area (Å²) in [5.74, 6) is 0.556. The number of rotatable bonds is 5. The van der Waals surface area contributed by atoms with Crippen molar-refractivity contribution in [3.05, 3.63) is 41.6 Å². The van der Waals surface area contributed by atoms with E-state index in [4.69, 9.17) is 5.73 Å². The third-order valence-corrected chi connectivity index (χ3v) is 3.40. The Kier molecular flexibility index (Phi) is 4.42. The lowest BCUT2D eigenvalue weighted by Crippen LogP contribution is -2.20. The highest BCUT2D eigenvalue weighted by atomic mass is 15.4. The second kappa shape index (κ2) is 6.07. The molecular formula is C16H24N4. The van der Waals surface area contributed by atoms with Crippen molar-refractivity contribution >= 4 is 5.82 Å². The van der Waals surface area contributed by atoms with Crippen molar-refractivity contribution in [1.82, 2.24) is 15.0 Å². The van der Waals surface area contributed by atoms with Crippen LogP contribution in [0.5, 0.6) is 0 Å². The first-order chi connectivity index (χ1) is 9.48. The highest BCUT2D eigenvalue weighted by molar-refractivity contribution is 5.37. The number of nitrogens with zero attached hydrogens (tertiary/aromatic N) is 3. The molecule has 4 nitrogen and oxygen atoms in total. The lowest BCUT2D eigenvalue weighted by atomic mass is 9.92. The molecule has 0 spiro atoms. The number of unbranched alkanes of at least 4 members (excludes halogenated alkanes) is 1. The number of aryl methyl sites for hydroxylation is 2. The van der Waals surface area contributed by atoms with Crippen LogP contribution in [0.25, 0.3) is 0 Å². The van der Waals surface area contributed by atoms with Crippen LogP contribution in [0.2, 0.25) is 0 Å². The van der Waals surface area contributed by atoms with Gasteiger partial charge in [0.05, 0.1) is 5.69 Å². The van der Waals surface area contributed by atoms with E-state index >= 15 is 0 Å². The van der Waals surface area contributed by atoms with Gasteiger partial charge in [0.15, 0.2) is 5.82 Å². The number of aromatic nitrogens is 3. The van der Waals surface area contributed by atoms with E-state index < -0.39 is 0 Å². The molecule has 2 rings (SSSR count). The summed E-state index contributed by atoms with van der Waals surface area (Å²) in [4.78, 5) is 0. The number of benzene rings is 1. The van der Waals surface area contributed by atoms with E-state index in [-0.39, 0.29) is 5.41 Å². The molecule has 1 aromatic carbocycles. The zero-order valence-electron chi connectivity index (χ0n) is 12.6. The van der Waals surface area contributed by atoms with Gasteiger partial charge in [-0.05, 0) is 24.8 Å². The number of nitrogens with two attached hydrogens (primary N) is 1. The fraction of sp³-hybridized carbons (Fsp3) is 0.500. The van der Waals surface area contributed by atoms with Gasteiger partial charge < -0.3 is 5.73 Å². The molecule has 1 heterocycles. The van der Waals surface area contributed by atoms with Gasteiger partial charge in [0.2, 0.25) is 0 Å². The molecular weight excluding hydrogens is 248 g/mol. The first-order valence-corrected chi connectivity index (χ1v) is 7.22. The Hall–Kier alpha value is -1.84. The van der Waals surface area contributed by atoms with Crippen LogP contribution < -0.4 is 5.73 Å². The predicted molar refractivity (Wildman–Crippen MR) is 82.5 cm³/mol. The Morgan fingerprint density at radius 1 is 1.10 bits per heavy atom. The van der Waals surface area contributed by atoms with Crippen LogP contribution in [0, 0.1) is 0 Å². The summed E-state index contributed by atoms with van der Waals surface area (Å²) in [5.41, 5.74) is 8.34. The van der Waals surface area contributed by atoms with Gasteiger partial charge in [0.1, 0.15) is 0 Å². The summed E-state index contributed by atoms with van der Waals surface area (Å²) in [6, 6.07) is 10.6. The average molecular weight is 272 g/mol. The lowest BCUT2D eigenvalue weighted by Gasteiger charge is -2.20. The summed E-state index contributed by atoms with van der Waals surface area (Å²) in [6.07, 6.45) is 3.34. The summed E-state index contributed by atoms with van der Waals surface area (Å²) >= 11 is 0. The van der Waals surface area contributed by atoms with E-state index in [1.165, 1.54) is 5.56 Å². The average Bonchev–Trinajstić information content (AvgIpc) is 2.77. The van der Waals surface area contributed by atoms with E-state index in [9.17, 15) is 0 Å². The van der Waals surface area contributed by atoms with Gasteiger partial charge in [-0.25, -0.2) is 4.68 Å². The molecule has 0 amide bonds. The van der Waals surface area contributed by atoms with E-state index in [0.29, 0.717) is 5.82 Å². The molecule has 0 aliphatic rings. The second-order valence-electron chi connectivity index (χ2n) is 6.24. The van der Waals surface area contributed by atoms with Crippen molar-refractivity contribution in [3.63, 3.8) is 0 Å². The van der Waals surface area contributed by atoms with E-state index in [1.54, 1.807) is 0 Å². The van der Waals surface area contributed by atoms with Gasteiger partial charge >= 0.3 is 0 Å². The van der Waals surface area contributed by atoms with E-state index in [2.05, 4.69) is 61.4 Å². The van der Waals surface area contributed by atoms with Crippen molar-refractivity contribution < 1.29 is 0 Å². The molecule has 0 saturated heterocycles. The van der Waals surface area contributed by atoms with Gasteiger partial charge in [0, 0.05) is 12.0 Å². The molecule has 2 aromatic rings. The number of hydrogen-bond donors (Lipinski definition) is 1. The molecule has 2 N–H and O–H groups in total. The molecule has 4 heteroatoms. The van der Waals surface area contributed by atoms with Crippen LogP contribution in [0.15, 0.2) is 30.3 Å². The number of hydrogen-bond acceptors (Lipinski definition) is 3. The normalized spacial score (nSPS) is 11.8. The second-order valence-corrected chi connectivity index (χ2v) is 6.24. The van der Waals surface area contributed by atoms with Crippen LogP contribution in [0.3, 0.4) is 0 Å². The third-order valence-electron chi connectivity index (χ3n) is 3.40. The smallest absolute Gasteiger partial charge is 0.169 e. The van der Waals surface area contributed by atoms with Crippen LogP contribution in [-0.4, -0.2) is 15.0 Å². The largest absolute Gasteiger partial charge is 0.381 e. The molecule has 0 bridgehead atoms. The summed E-state index contributed by atoms with van der Waals surface area (Å²) < 4.78 is 1.96. The molecule has 0 atom stereocenters. The van der Waals surface area contributed by atoms with Crippen LogP contribution in [-0.2, 0) is 18.4 Å². The molecule has 0 aliphatic heterocycles. The minimum absolute atomic E-state index is 0.0208. The number of anilines is 1. The Bertz CT molecular complexity index is 537. The number of nitrogen functional groups attached to an aromatic ring is 1. The lowest BCUT2D eigenvalue weighted by molar-refractivity contribution is 0.463. The van der Waals surface area contributed by atoms with Crippen molar-refractivity contribution in [2.24, 2.45) is 0 Å². The third kappa shape index (κ3) is 3.59. The first-order valence-electron chi connectivity index (χ1n) is 7.22. The maximum absolute atomic E-state index is 5.93. The van der Waals surface area contributed by atoms with Gasteiger partial charge in [-0.3, -0.25) is 0 Å². The maximum atomic E-state index is 5.93. The van der Waals surface area contributed by atoms with Gasteiger partial charge in [0.25, 0.3) is 0 Å². The van der Waals surface area contributed by atoms with Crippen LogP contribution >= 0.6 is 0 Å². The molecule has 20 heavy (non-hydrogen) atoms. The molecule has 0 radical (unpaired) electrons. The Morgan fingerprint density at radius 3 is 2.45 bits per heavy atom. The Balaban J connectivity index is 1.89. The van der Waals surface area contributed by atoms with Gasteiger partial charge in [-0.15, -0.1) is 5.10 Å². The maximum Gasteiger partial charge on any atom is 0.169 e. The highest BCUT2D eigenvalue weighted by Crippen LogP contribution is 2.26. The van der Waals surface area contributed by atoms with Crippen LogP contribution in [0.4, 0.5) is 5.82 Å². The minimum atomic E-state index is -0.0208. The standard InChI is InChI=1S/C16H24N4/c1-16(2,3)14-15(17)18-19-20(14)12-8-7-11-13-9-5-4-6-10-13/h4-6,9-10H,7-8,11-12,17H2,1-3H3. The highest BCUT2D eigenvalue weighted by Gasteiger charge is 2.23. The topological polar surface area (TPSA) is 56.7 Å². The van der Waals surface area contributed by atoms with Gasteiger partial charge in [-0.1, -0.05) is 56.3 Å². The zero-order valence-corrected chi connectivity index (χ0v) is 12.6. The minimum Gasteiger partial charge on any atom is -0.381 e. The van der Waals surface area contributed by atoms with Crippen molar-refractivity contribution in [2.45, 2.75) is 52.0 Å². The SMILES string of the molecule is CC(C)(C)c1c(N)nnn1CCCCc1ccccc1. The fourth-order valence-electron chi connectivity index (χ4n) is 2.49. The molecule has 0 unspecified atom stereocenters. The van der Waals surface area contributed by atoms with E-state index in [1.807, 2.05) is 4.68 Å². The molecule has 0 aliphatic carbocycles. The van der Waals surface area contributed by atoms with Crippen molar-refractivity contribution in [2.75, 3.05) is 5.73 Å². The summed E-state index contributed by atoms with van der Waals surface area (Å²) in [5, 5.41) is 8.18. The molecule has 0 fully saturated rings. The van der Waals surface area contributed by atoms with Crippen molar-refractivity contribution in [1.29, 1.82) is 0 Å². The Morgan fingerprint density at radius 2 is 1.80 bits per heavy atom. The fourth-order valence-corrected chi connectivity index (χ4v) is 2.49. The quantitative estimate of drug-likeness (QED) is 0.850. The monoisotopic (exact) mass is 272 g/mol. The molecule has 0 saturated carbocycles. The predicted octanol–water partition coefficient (Wildman–Crippen LogP) is 3.18. The Labute approximate surface area is 121 Å². The molecule has 1 aromatic heterocycles. The summed E-state index contributed by atoms with van der Waals surface area (Å²) in [6.45, 7) is 7.30. The zero-order chi connectivity index (χ0) is 14.6.